The molecule has 1 atom stereocenters. The fourth-order valence-corrected chi connectivity index (χ4v) is 3.58. The number of benzene rings is 3. The zero-order valence-electron chi connectivity index (χ0n) is 16.7. The topological polar surface area (TPSA) is 42.0 Å². The van der Waals surface area contributed by atoms with Gasteiger partial charge in [-0.05, 0) is 31.0 Å². The number of fused-ring (bicyclic) bond motifs is 1. The highest BCUT2D eigenvalue weighted by Gasteiger charge is 2.18. The standard InChI is InChI=1S/C26H24N2O/c1-3-23(20-15-13-18(2)14-16-20)28-26(29)22-17-25(19-9-5-4-6-10-19)27-24-12-8-7-11-21(22)24/h4-17,23H,3H2,1-2H3,(H,28,29)/t23-/m1/s1. The molecular weight excluding hydrogens is 356 g/mol. The summed E-state index contributed by atoms with van der Waals surface area (Å²) < 4.78 is 0. The molecule has 0 bridgehead atoms. The van der Waals surface area contributed by atoms with Gasteiger partial charge in [0.15, 0.2) is 0 Å². The lowest BCUT2D eigenvalue weighted by atomic mass is 10.0. The minimum Gasteiger partial charge on any atom is -0.345 e. The van der Waals surface area contributed by atoms with Gasteiger partial charge in [-0.25, -0.2) is 4.98 Å². The first kappa shape index (κ1) is 18.9. The van der Waals surface area contributed by atoms with Crippen LogP contribution in [0.15, 0.2) is 84.9 Å². The lowest BCUT2D eigenvalue weighted by Gasteiger charge is -2.19. The van der Waals surface area contributed by atoms with Crippen LogP contribution in [0.25, 0.3) is 22.2 Å². The highest BCUT2D eigenvalue weighted by molar-refractivity contribution is 6.07. The van der Waals surface area contributed by atoms with Crippen molar-refractivity contribution in [3.8, 4) is 11.3 Å². The monoisotopic (exact) mass is 380 g/mol. The molecule has 144 valence electrons. The van der Waals surface area contributed by atoms with Crippen molar-refractivity contribution in [2.75, 3.05) is 0 Å². The van der Waals surface area contributed by atoms with E-state index < -0.39 is 0 Å². The fourth-order valence-electron chi connectivity index (χ4n) is 3.58. The first-order valence-electron chi connectivity index (χ1n) is 9.98. The third-order valence-electron chi connectivity index (χ3n) is 5.22. The van der Waals surface area contributed by atoms with Gasteiger partial charge < -0.3 is 5.32 Å². The summed E-state index contributed by atoms with van der Waals surface area (Å²) in [5.41, 5.74) is 5.61. The van der Waals surface area contributed by atoms with Crippen molar-refractivity contribution < 1.29 is 4.79 Å². The molecule has 3 nitrogen and oxygen atoms in total. The molecule has 1 amide bonds. The number of aromatic nitrogens is 1. The summed E-state index contributed by atoms with van der Waals surface area (Å²) in [6.45, 7) is 4.16. The van der Waals surface area contributed by atoms with E-state index in [1.165, 1.54) is 5.56 Å². The number of para-hydroxylation sites is 1. The molecule has 0 spiro atoms. The second kappa shape index (κ2) is 8.27. The summed E-state index contributed by atoms with van der Waals surface area (Å²) in [7, 11) is 0. The highest BCUT2D eigenvalue weighted by atomic mass is 16.1. The van der Waals surface area contributed by atoms with Crippen LogP contribution in [-0.2, 0) is 0 Å². The molecule has 29 heavy (non-hydrogen) atoms. The second-order valence-electron chi connectivity index (χ2n) is 7.28. The third-order valence-corrected chi connectivity index (χ3v) is 5.22. The van der Waals surface area contributed by atoms with E-state index in [4.69, 9.17) is 4.98 Å². The molecule has 0 fully saturated rings. The minimum absolute atomic E-state index is 0.0322. The molecule has 0 unspecified atom stereocenters. The van der Waals surface area contributed by atoms with Crippen molar-refractivity contribution in [1.29, 1.82) is 0 Å². The molecule has 0 radical (unpaired) electrons. The number of hydrogen-bond acceptors (Lipinski definition) is 2. The zero-order valence-corrected chi connectivity index (χ0v) is 16.7. The molecular formula is C26H24N2O. The Labute approximate surface area is 171 Å². The molecule has 1 heterocycles. The number of carbonyl (C=O) groups is 1. The predicted molar refractivity (Wildman–Crippen MR) is 119 cm³/mol. The number of carbonyl (C=O) groups excluding carboxylic acids is 1. The molecule has 4 rings (SSSR count). The van der Waals surface area contributed by atoms with Crippen molar-refractivity contribution in [3.63, 3.8) is 0 Å². The normalized spacial score (nSPS) is 11.9. The Bertz CT molecular complexity index is 1130. The molecule has 0 aliphatic carbocycles. The summed E-state index contributed by atoms with van der Waals surface area (Å²) in [6, 6.07) is 28.0. The van der Waals surface area contributed by atoms with Gasteiger partial charge in [0.2, 0.25) is 0 Å². The van der Waals surface area contributed by atoms with E-state index in [2.05, 4.69) is 43.4 Å². The summed E-state index contributed by atoms with van der Waals surface area (Å²) in [4.78, 5) is 18.1. The van der Waals surface area contributed by atoms with Gasteiger partial charge in [-0.15, -0.1) is 0 Å². The van der Waals surface area contributed by atoms with Gasteiger partial charge in [-0.3, -0.25) is 4.79 Å². The molecule has 3 heteroatoms. The quantitative estimate of drug-likeness (QED) is 0.455. The summed E-state index contributed by atoms with van der Waals surface area (Å²) in [5, 5.41) is 4.09. The minimum atomic E-state index is -0.0757. The third kappa shape index (κ3) is 4.04. The van der Waals surface area contributed by atoms with Gasteiger partial charge >= 0.3 is 0 Å². The maximum absolute atomic E-state index is 13.3. The number of hydrogen-bond donors (Lipinski definition) is 1. The highest BCUT2D eigenvalue weighted by Crippen LogP contribution is 2.26. The number of pyridine rings is 1. The van der Waals surface area contributed by atoms with Crippen LogP contribution < -0.4 is 5.32 Å². The predicted octanol–water partition coefficient (Wildman–Crippen LogP) is 6.09. The van der Waals surface area contributed by atoms with Crippen LogP contribution in [0, 0.1) is 6.92 Å². The first-order valence-corrected chi connectivity index (χ1v) is 9.98. The Hall–Kier alpha value is -3.46. The van der Waals surface area contributed by atoms with Crippen LogP contribution in [0.3, 0.4) is 0 Å². The molecule has 0 aliphatic heterocycles. The van der Waals surface area contributed by atoms with Gasteiger partial charge in [0.25, 0.3) is 5.91 Å². The Morgan fingerprint density at radius 3 is 2.34 bits per heavy atom. The molecule has 4 aromatic rings. The van der Waals surface area contributed by atoms with E-state index >= 15 is 0 Å². The number of aryl methyl sites for hydroxylation is 1. The Balaban J connectivity index is 1.73. The summed E-state index contributed by atoms with van der Waals surface area (Å²) in [6.07, 6.45) is 0.823. The SMILES string of the molecule is CC[C@@H](NC(=O)c1cc(-c2ccccc2)nc2ccccc12)c1ccc(C)cc1. The maximum atomic E-state index is 13.3. The Morgan fingerprint density at radius 1 is 0.931 bits per heavy atom. The largest absolute Gasteiger partial charge is 0.345 e. The van der Waals surface area contributed by atoms with Crippen LogP contribution in [0.2, 0.25) is 0 Å². The first-order chi connectivity index (χ1) is 14.2. The van der Waals surface area contributed by atoms with Crippen molar-refractivity contribution in [1.82, 2.24) is 10.3 Å². The Morgan fingerprint density at radius 2 is 1.62 bits per heavy atom. The molecule has 0 saturated carbocycles. The smallest absolute Gasteiger partial charge is 0.252 e. The fraction of sp³-hybridized carbons (Fsp3) is 0.154. The average molecular weight is 380 g/mol. The average Bonchev–Trinajstić information content (AvgIpc) is 2.78. The summed E-state index contributed by atoms with van der Waals surface area (Å²) >= 11 is 0. The van der Waals surface area contributed by atoms with Crippen LogP contribution in [0.1, 0.15) is 40.9 Å². The number of rotatable bonds is 5. The van der Waals surface area contributed by atoms with Gasteiger partial charge in [0.05, 0.1) is 22.8 Å². The van der Waals surface area contributed by atoms with E-state index in [0.29, 0.717) is 5.56 Å². The van der Waals surface area contributed by atoms with Crippen LogP contribution in [0.5, 0.6) is 0 Å². The van der Waals surface area contributed by atoms with E-state index in [0.717, 1.165) is 34.1 Å². The van der Waals surface area contributed by atoms with E-state index in [9.17, 15) is 4.79 Å². The molecule has 0 aliphatic rings. The number of amides is 1. The summed E-state index contributed by atoms with van der Waals surface area (Å²) in [5.74, 6) is -0.0757. The second-order valence-corrected chi connectivity index (χ2v) is 7.28. The van der Waals surface area contributed by atoms with Gasteiger partial charge in [-0.1, -0.05) is 85.3 Å². The van der Waals surface area contributed by atoms with Gasteiger partial charge in [0, 0.05) is 10.9 Å². The van der Waals surface area contributed by atoms with Crippen LogP contribution in [-0.4, -0.2) is 10.9 Å². The maximum Gasteiger partial charge on any atom is 0.252 e. The molecule has 1 aromatic heterocycles. The number of nitrogens with one attached hydrogen (secondary N) is 1. The van der Waals surface area contributed by atoms with Crippen LogP contribution in [0.4, 0.5) is 0 Å². The zero-order chi connectivity index (χ0) is 20.2. The lowest BCUT2D eigenvalue weighted by Crippen LogP contribution is -2.28. The van der Waals surface area contributed by atoms with Crippen molar-refractivity contribution in [2.45, 2.75) is 26.3 Å². The molecule has 0 saturated heterocycles. The lowest BCUT2D eigenvalue weighted by molar-refractivity contribution is 0.0937. The van der Waals surface area contributed by atoms with E-state index in [1.807, 2.05) is 60.7 Å². The van der Waals surface area contributed by atoms with E-state index in [-0.39, 0.29) is 11.9 Å². The van der Waals surface area contributed by atoms with Gasteiger partial charge in [-0.2, -0.15) is 0 Å². The van der Waals surface area contributed by atoms with Crippen molar-refractivity contribution >= 4 is 16.8 Å². The molecule has 3 aromatic carbocycles. The van der Waals surface area contributed by atoms with Crippen LogP contribution >= 0.6 is 0 Å². The van der Waals surface area contributed by atoms with Crippen molar-refractivity contribution in [2.24, 2.45) is 0 Å². The van der Waals surface area contributed by atoms with E-state index in [1.54, 1.807) is 0 Å². The Kier molecular flexibility index (Phi) is 5.39. The molecule has 1 N–H and O–H groups in total. The van der Waals surface area contributed by atoms with Crippen molar-refractivity contribution in [3.05, 3.63) is 102 Å². The number of nitrogens with zero attached hydrogens (tertiary/aromatic N) is 1. The van der Waals surface area contributed by atoms with Gasteiger partial charge in [0.1, 0.15) is 0 Å².